The minimum absolute atomic E-state index is 0. The molecule has 5 heteroatoms. The summed E-state index contributed by atoms with van der Waals surface area (Å²) in [7, 11) is 0. The van der Waals surface area contributed by atoms with Crippen molar-refractivity contribution < 1.29 is 31.1 Å². The highest BCUT2D eigenvalue weighted by Gasteiger charge is 2.44. The van der Waals surface area contributed by atoms with Crippen molar-refractivity contribution in [1.82, 2.24) is 4.57 Å². The second-order valence-electron chi connectivity index (χ2n) is 7.62. The normalized spacial score (nSPS) is 16.7. The van der Waals surface area contributed by atoms with Crippen LogP contribution in [0.15, 0.2) is 24.3 Å². The van der Waals surface area contributed by atoms with Crippen molar-refractivity contribution in [1.29, 1.82) is 0 Å². The maximum Gasteiger partial charge on any atom is 0.254 e. The summed E-state index contributed by atoms with van der Waals surface area (Å²) in [5, 5.41) is 0. The van der Waals surface area contributed by atoms with E-state index in [1.807, 2.05) is 12.1 Å². The fourth-order valence-corrected chi connectivity index (χ4v) is 4.65. The van der Waals surface area contributed by atoms with Gasteiger partial charge in [-0.2, -0.15) is 0 Å². The topological polar surface area (TPSA) is 43.0 Å². The number of hydrogen-bond acceptors (Lipinski definition) is 2. The van der Waals surface area contributed by atoms with E-state index in [2.05, 4.69) is 23.0 Å². The van der Waals surface area contributed by atoms with Crippen LogP contribution in [0.25, 0.3) is 0 Å². The number of fused-ring (bicyclic) bond motifs is 2. The van der Waals surface area contributed by atoms with Gasteiger partial charge in [0.2, 0.25) is 23.0 Å². The molecule has 1 fully saturated rings. The molecule has 0 spiro atoms. The number of nitrogens with zero attached hydrogens (tertiary/aromatic N) is 2. The molecular formula is C22H27BrN2O2. The molecule has 0 bridgehead atoms. The number of halogens is 1. The molecule has 4 rings (SSSR count). The Morgan fingerprint density at radius 3 is 2.30 bits per heavy atom. The first-order valence-electron chi connectivity index (χ1n) is 9.98. The van der Waals surface area contributed by atoms with E-state index in [0.717, 1.165) is 38.1 Å². The van der Waals surface area contributed by atoms with Crippen LogP contribution in [0.1, 0.15) is 95.8 Å². The first-order valence-corrected chi connectivity index (χ1v) is 9.98. The molecule has 2 aliphatic rings. The van der Waals surface area contributed by atoms with Crippen LogP contribution in [0.5, 0.6) is 0 Å². The molecule has 4 nitrogen and oxygen atoms in total. The fraction of sp³-hybridized carbons (Fsp3) is 0.500. The van der Waals surface area contributed by atoms with E-state index in [1.54, 1.807) is 12.1 Å². The van der Waals surface area contributed by atoms with Gasteiger partial charge < -0.3 is 17.0 Å². The summed E-state index contributed by atoms with van der Waals surface area (Å²) in [6, 6.07) is 7.61. The first kappa shape index (κ1) is 20.0. The molecule has 0 amide bonds. The van der Waals surface area contributed by atoms with Gasteiger partial charge in [0.15, 0.2) is 0 Å². The zero-order chi connectivity index (χ0) is 18.3. The monoisotopic (exact) mass is 430 g/mol. The van der Waals surface area contributed by atoms with Crippen LogP contribution in [0, 0.1) is 6.92 Å². The summed E-state index contributed by atoms with van der Waals surface area (Å²) in [6.07, 6.45) is 7.93. The molecule has 144 valence electrons. The summed E-state index contributed by atoms with van der Waals surface area (Å²) in [5.74, 6) is 1.08. The Labute approximate surface area is 171 Å². The lowest BCUT2D eigenvalue weighted by Crippen LogP contribution is -3.00. The quantitative estimate of drug-likeness (QED) is 0.583. The lowest BCUT2D eigenvalue weighted by molar-refractivity contribution is -0.704. The van der Waals surface area contributed by atoms with Gasteiger partial charge in [0.05, 0.1) is 6.54 Å². The zero-order valence-electron chi connectivity index (χ0n) is 16.1. The summed E-state index contributed by atoms with van der Waals surface area (Å²) < 4.78 is 4.32. The van der Waals surface area contributed by atoms with Gasteiger partial charge in [-0.15, -0.1) is 0 Å². The molecule has 1 saturated carbocycles. The van der Waals surface area contributed by atoms with E-state index < -0.39 is 0 Å². The minimum atomic E-state index is 0. The van der Waals surface area contributed by atoms with Crippen molar-refractivity contribution >= 4 is 11.6 Å². The zero-order valence-corrected chi connectivity index (χ0v) is 17.7. The molecule has 1 heterocycles. The average molecular weight is 431 g/mol. The van der Waals surface area contributed by atoms with Crippen LogP contribution in [-0.2, 0) is 6.54 Å². The highest BCUT2D eigenvalue weighted by molar-refractivity contribution is 6.26. The summed E-state index contributed by atoms with van der Waals surface area (Å²) >= 11 is 0. The van der Waals surface area contributed by atoms with E-state index in [1.165, 1.54) is 19.3 Å². The molecule has 0 saturated heterocycles. The predicted octanol–water partition coefficient (Wildman–Crippen LogP) is 1.17. The lowest BCUT2D eigenvalue weighted by Gasteiger charge is -2.21. The molecular weight excluding hydrogens is 404 g/mol. The van der Waals surface area contributed by atoms with E-state index in [0.29, 0.717) is 28.6 Å². The predicted molar refractivity (Wildman–Crippen MR) is 99.7 cm³/mol. The second-order valence-corrected chi connectivity index (χ2v) is 7.62. The van der Waals surface area contributed by atoms with Gasteiger partial charge in [0.1, 0.15) is 6.04 Å². The van der Waals surface area contributed by atoms with Gasteiger partial charge >= 0.3 is 0 Å². The van der Waals surface area contributed by atoms with E-state index in [9.17, 15) is 9.59 Å². The molecule has 2 aliphatic carbocycles. The standard InChI is InChI=1S/C22H27N2O2.BrH/c1-3-4-14-23-15(2)24(16-10-6-5-7-11-16)20-19(23)21(25)17-12-8-9-13-18(17)22(20)26;/h8-9,12-13,16H,3-7,10-11,14H2,1-2H3;1H/q+1;/p-1. The fourth-order valence-electron chi connectivity index (χ4n) is 4.65. The Kier molecular flexibility index (Phi) is 5.99. The van der Waals surface area contributed by atoms with E-state index >= 15 is 0 Å². The maximum atomic E-state index is 13.4. The largest absolute Gasteiger partial charge is 1.00 e. The number of carbonyl (C=O) groups excluding carboxylic acids is 2. The van der Waals surface area contributed by atoms with Gasteiger partial charge in [0.25, 0.3) is 5.82 Å². The van der Waals surface area contributed by atoms with Crippen LogP contribution < -0.4 is 21.5 Å². The van der Waals surface area contributed by atoms with Gasteiger partial charge in [0, 0.05) is 18.1 Å². The molecule has 0 radical (unpaired) electrons. The van der Waals surface area contributed by atoms with Crippen molar-refractivity contribution in [3.8, 4) is 0 Å². The Hall–Kier alpha value is -1.75. The van der Waals surface area contributed by atoms with Crippen molar-refractivity contribution in [2.24, 2.45) is 0 Å². The second kappa shape index (κ2) is 8.09. The Bertz CT molecular complexity index is 879. The van der Waals surface area contributed by atoms with Crippen LogP contribution in [0.4, 0.5) is 0 Å². The molecule has 0 atom stereocenters. The van der Waals surface area contributed by atoms with Gasteiger partial charge in [-0.25, -0.2) is 9.13 Å². The van der Waals surface area contributed by atoms with Gasteiger partial charge in [-0.3, -0.25) is 9.59 Å². The number of imidazole rings is 1. The molecule has 0 aliphatic heterocycles. The van der Waals surface area contributed by atoms with Crippen LogP contribution >= 0.6 is 0 Å². The van der Waals surface area contributed by atoms with Crippen molar-refractivity contribution in [2.45, 2.75) is 71.4 Å². The Balaban J connectivity index is 0.00000210. The number of benzene rings is 1. The lowest BCUT2D eigenvalue weighted by atomic mass is 9.88. The van der Waals surface area contributed by atoms with E-state index in [-0.39, 0.29) is 28.5 Å². The van der Waals surface area contributed by atoms with Crippen molar-refractivity contribution in [2.75, 3.05) is 0 Å². The summed E-state index contributed by atoms with van der Waals surface area (Å²) in [6.45, 7) is 5.03. The molecule has 0 unspecified atom stereocenters. The molecule has 2 aromatic rings. The number of carbonyl (C=O) groups is 2. The number of unbranched alkanes of at least 4 members (excludes halogenated alkanes) is 1. The maximum absolute atomic E-state index is 13.4. The summed E-state index contributed by atoms with van der Waals surface area (Å²) in [4.78, 5) is 26.7. The number of rotatable bonds is 4. The first-order chi connectivity index (χ1) is 12.6. The third-order valence-corrected chi connectivity index (χ3v) is 6.00. The Morgan fingerprint density at radius 1 is 1.04 bits per heavy atom. The number of hydrogen-bond donors (Lipinski definition) is 0. The molecule has 1 aromatic heterocycles. The Morgan fingerprint density at radius 2 is 1.67 bits per heavy atom. The number of ketones is 2. The highest BCUT2D eigenvalue weighted by atomic mass is 79.9. The van der Waals surface area contributed by atoms with Crippen LogP contribution in [0.2, 0.25) is 0 Å². The third-order valence-electron chi connectivity index (χ3n) is 6.00. The molecule has 1 aromatic carbocycles. The summed E-state index contributed by atoms with van der Waals surface area (Å²) in [5.41, 5.74) is 2.36. The molecule has 0 N–H and O–H groups in total. The van der Waals surface area contributed by atoms with Crippen molar-refractivity contribution in [3.05, 3.63) is 52.6 Å². The minimum Gasteiger partial charge on any atom is -1.00 e. The van der Waals surface area contributed by atoms with Crippen LogP contribution in [0.3, 0.4) is 0 Å². The average Bonchev–Trinajstić information content (AvgIpc) is 2.97. The van der Waals surface area contributed by atoms with Gasteiger partial charge in [-0.1, -0.05) is 44.0 Å². The SMILES string of the molecule is CCCC[n+]1c2c(n(C3CCCCC3)c1C)C(=O)c1ccccc1C2=O.[Br-]. The van der Waals surface area contributed by atoms with Gasteiger partial charge in [-0.05, 0) is 32.1 Å². The van der Waals surface area contributed by atoms with Crippen molar-refractivity contribution in [3.63, 3.8) is 0 Å². The smallest absolute Gasteiger partial charge is 0.254 e. The molecule has 27 heavy (non-hydrogen) atoms. The third kappa shape index (κ3) is 3.20. The van der Waals surface area contributed by atoms with E-state index in [4.69, 9.17) is 0 Å². The number of aromatic nitrogens is 2. The van der Waals surface area contributed by atoms with Crippen LogP contribution in [-0.4, -0.2) is 16.1 Å². The highest BCUT2D eigenvalue weighted by Crippen LogP contribution is 2.34.